The van der Waals surface area contributed by atoms with E-state index >= 15 is 0 Å². The summed E-state index contributed by atoms with van der Waals surface area (Å²) in [6.45, 7) is 6.27. The lowest BCUT2D eigenvalue weighted by Crippen LogP contribution is -2.19. The maximum absolute atomic E-state index is 13.5. The van der Waals surface area contributed by atoms with Crippen molar-refractivity contribution in [3.8, 4) is 0 Å². The summed E-state index contributed by atoms with van der Waals surface area (Å²) in [7, 11) is 1.95. The molecular formula is C15H24FN. The van der Waals surface area contributed by atoms with Crippen molar-refractivity contribution in [3.63, 3.8) is 0 Å². The Bertz CT molecular complexity index is 349. The van der Waals surface area contributed by atoms with E-state index < -0.39 is 0 Å². The van der Waals surface area contributed by atoms with E-state index in [1.165, 1.54) is 12.8 Å². The zero-order valence-electron chi connectivity index (χ0n) is 11.4. The lowest BCUT2D eigenvalue weighted by Gasteiger charge is -2.21. The van der Waals surface area contributed by atoms with Crippen LogP contribution in [0.2, 0.25) is 0 Å². The van der Waals surface area contributed by atoms with Crippen LogP contribution in [0.25, 0.3) is 0 Å². The first-order valence-corrected chi connectivity index (χ1v) is 6.51. The molecule has 17 heavy (non-hydrogen) atoms. The second-order valence-corrected chi connectivity index (χ2v) is 4.98. The van der Waals surface area contributed by atoms with Crippen molar-refractivity contribution in [1.82, 2.24) is 5.32 Å². The van der Waals surface area contributed by atoms with E-state index in [-0.39, 0.29) is 11.9 Å². The maximum Gasteiger partial charge on any atom is 0.126 e. The van der Waals surface area contributed by atoms with Crippen molar-refractivity contribution in [2.24, 2.45) is 5.92 Å². The van der Waals surface area contributed by atoms with Gasteiger partial charge in [-0.3, -0.25) is 0 Å². The average molecular weight is 237 g/mol. The van der Waals surface area contributed by atoms with Crippen LogP contribution in [-0.2, 0) is 0 Å². The Hall–Kier alpha value is -0.890. The van der Waals surface area contributed by atoms with Crippen molar-refractivity contribution in [2.45, 2.75) is 46.1 Å². The molecule has 0 aliphatic heterocycles. The third-order valence-corrected chi connectivity index (χ3v) is 3.37. The van der Waals surface area contributed by atoms with Crippen LogP contribution < -0.4 is 5.32 Å². The number of rotatable bonds is 6. The van der Waals surface area contributed by atoms with Crippen molar-refractivity contribution in [3.05, 3.63) is 35.1 Å². The molecule has 0 fully saturated rings. The van der Waals surface area contributed by atoms with Crippen molar-refractivity contribution in [2.75, 3.05) is 7.05 Å². The van der Waals surface area contributed by atoms with Crippen molar-refractivity contribution in [1.29, 1.82) is 0 Å². The summed E-state index contributed by atoms with van der Waals surface area (Å²) in [6.07, 6.45) is 3.50. The topological polar surface area (TPSA) is 12.0 Å². The Morgan fingerprint density at radius 1 is 1.35 bits per heavy atom. The van der Waals surface area contributed by atoms with Gasteiger partial charge in [0.2, 0.25) is 0 Å². The Morgan fingerprint density at radius 2 is 2.06 bits per heavy atom. The molecule has 1 N–H and O–H groups in total. The van der Waals surface area contributed by atoms with Crippen LogP contribution in [-0.4, -0.2) is 7.05 Å². The summed E-state index contributed by atoms with van der Waals surface area (Å²) in [5.74, 6) is 0.563. The molecule has 1 aromatic rings. The average Bonchev–Trinajstić information content (AvgIpc) is 2.30. The van der Waals surface area contributed by atoms with Gasteiger partial charge in [0.1, 0.15) is 5.82 Å². The lowest BCUT2D eigenvalue weighted by atomic mass is 9.92. The fourth-order valence-corrected chi connectivity index (χ4v) is 2.26. The van der Waals surface area contributed by atoms with E-state index in [0.717, 1.165) is 12.0 Å². The van der Waals surface area contributed by atoms with E-state index in [1.54, 1.807) is 13.0 Å². The van der Waals surface area contributed by atoms with Gasteiger partial charge in [-0.2, -0.15) is 0 Å². The molecular weight excluding hydrogens is 213 g/mol. The van der Waals surface area contributed by atoms with Gasteiger partial charge in [0.15, 0.2) is 0 Å². The number of halogens is 1. The van der Waals surface area contributed by atoms with Crippen LogP contribution in [0, 0.1) is 18.7 Å². The first-order chi connectivity index (χ1) is 8.08. The van der Waals surface area contributed by atoms with Crippen LogP contribution in [0.4, 0.5) is 4.39 Å². The minimum Gasteiger partial charge on any atom is -0.313 e. The Morgan fingerprint density at radius 3 is 2.59 bits per heavy atom. The molecule has 0 heterocycles. The van der Waals surface area contributed by atoms with Crippen molar-refractivity contribution >= 4 is 0 Å². The summed E-state index contributed by atoms with van der Waals surface area (Å²) in [6, 6.07) is 5.80. The molecule has 2 unspecified atom stereocenters. The molecule has 0 aliphatic carbocycles. The zero-order valence-corrected chi connectivity index (χ0v) is 11.4. The second kappa shape index (κ2) is 6.75. The normalized spacial score (nSPS) is 14.6. The Balaban J connectivity index is 2.75. The van der Waals surface area contributed by atoms with Crippen LogP contribution in [0.5, 0.6) is 0 Å². The second-order valence-electron chi connectivity index (χ2n) is 4.98. The molecule has 2 atom stereocenters. The van der Waals surface area contributed by atoms with Crippen molar-refractivity contribution < 1.29 is 4.39 Å². The van der Waals surface area contributed by atoms with Gasteiger partial charge in [-0.25, -0.2) is 4.39 Å². The molecule has 0 aromatic heterocycles. The maximum atomic E-state index is 13.5. The lowest BCUT2D eigenvalue weighted by molar-refractivity contribution is 0.406. The van der Waals surface area contributed by atoms with Gasteiger partial charge in [0.05, 0.1) is 0 Å². The van der Waals surface area contributed by atoms with Gasteiger partial charge in [-0.1, -0.05) is 38.8 Å². The number of nitrogens with one attached hydrogen (secondary N) is 1. The van der Waals surface area contributed by atoms with Crippen LogP contribution >= 0.6 is 0 Å². The fourth-order valence-electron chi connectivity index (χ4n) is 2.26. The monoisotopic (exact) mass is 237 g/mol. The quantitative estimate of drug-likeness (QED) is 0.781. The highest BCUT2D eigenvalue weighted by Gasteiger charge is 2.14. The molecule has 1 rings (SSSR count). The van der Waals surface area contributed by atoms with E-state index in [0.29, 0.717) is 11.5 Å². The van der Waals surface area contributed by atoms with Gasteiger partial charge in [0.25, 0.3) is 0 Å². The SMILES string of the molecule is CCCC(C)CC(NC)c1ccc(C)c(F)c1. The molecule has 1 aromatic carbocycles. The highest BCUT2D eigenvalue weighted by atomic mass is 19.1. The molecule has 0 radical (unpaired) electrons. The zero-order chi connectivity index (χ0) is 12.8. The fraction of sp³-hybridized carbons (Fsp3) is 0.600. The highest BCUT2D eigenvalue weighted by Crippen LogP contribution is 2.24. The summed E-state index contributed by atoms with van der Waals surface area (Å²) in [4.78, 5) is 0. The van der Waals surface area contributed by atoms with Gasteiger partial charge in [-0.05, 0) is 43.5 Å². The van der Waals surface area contributed by atoms with E-state index in [4.69, 9.17) is 0 Å². The summed E-state index contributed by atoms with van der Waals surface area (Å²) in [5, 5.41) is 3.29. The van der Waals surface area contributed by atoms with Gasteiger partial charge < -0.3 is 5.32 Å². The molecule has 0 saturated carbocycles. The van der Waals surface area contributed by atoms with E-state index in [1.807, 2.05) is 19.2 Å². The minimum absolute atomic E-state index is 0.106. The number of hydrogen-bond acceptors (Lipinski definition) is 1. The third-order valence-electron chi connectivity index (χ3n) is 3.37. The largest absolute Gasteiger partial charge is 0.313 e. The summed E-state index contributed by atoms with van der Waals surface area (Å²) in [5.41, 5.74) is 1.77. The molecule has 0 bridgehead atoms. The highest BCUT2D eigenvalue weighted by molar-refractivity contribution is 5.25. The first kappa shape index (κ1) is 14.2. The molecule has 0 saturated heterocycles. The molecule has 1 nitrogen and oxygen atoms in total. The smallest absolute Gasteiger partial charge is 0.126 e. The Kier molecular flexibility index (Phi) is 5.63. The van der Waals surface area contributed by atoms with Crippen LogP contribution in [0.1, 0.15) is 50.3 Å². The number of benzene rings is 1. The molecule has 0 spiro atoms. The molecule has 2 heteroatoms. The molecule has 96 valence electrons. The molecule has 0 amide bonds. The number of hydrogen-bond donors (Lipinski definition) is 1. The van der Waals surface area contributed by atoms with Gasteiger partial charge in [0, 0.05) is 6.04 Å². The summed E-state index contributed by atoms with van der Waals surface area (Å²) < 4.78 is 13.5. The summed E-state index contributed by atoms with van der Waals surface area (Å²) >= 11 is 0. The predicted molar refractivity (Wildman–Crippen MR) is 71.6 cm³/mol. The van der Waals surface area contributed by atoms with Crippen LogP contribution in [0.15, 0.2) is 18.2 Å². The van der Waals surface area contributed by atoms with Gasteiger partial charge >= 0.3 is 0 Å². The number of aryl methyl sites for hydroxylation is 1. The van der Waals surface area contributed by atoms with Crippen LogP contribution in [0.3, 0.4) is 0 Å². The Labute approximate surface area is 104 Å². The van der Waals surface area contributed by atoms with E-state index in [2.05, 4.69) is 19.2 Å². The first-order valence-electron chi connectivity index (χ1n) is 6.51. The minimum atomic E-state index is -0.106. The predicted octanol–water partition coefficient (Wildman–Crippen LogP) is 4.22. The standard InChI is InChI=1S/C15H24FN/c1-5-6-11(2)9-15(17-4)13-8-7-12(3)14(16)10-13/h7-8,10-11,15,17H,5-6,9H2,1-4H3. The third kappa shape index (κ3) is 4.12. The van der Waals surface area contributed by atoms with E-state index in [9.17, 15) is 4.39 Å². The molecule has 0 aliphatic rings. The van der Waals surface area contributed by atoms with Gasteiger partial charge in [-0.15, -0.1) is 0 Å².